The first kappa shape index (κ1) is 12.9. The van der Waals surface area contributed by atoms with Crippen LogP contribution in [0.1, 0.15) is 64.2 Å². The molecule has 2 fully saturated rings. The molecule has 0 aromatic carbocycles. The highest BCUT2D eigenvalue weighted by Crippen LogP contribution is 2.19. The number of amides is 1. The summed E-state index contributed by atoms with van der Waals surface area (Å²) in [6.45, 7) is 0.884. The molecule has 1 saturated heterocycles. The summed E-state index contributed by atoms with van der Waals surface area (Å²) in [5.74, 6) is 0.229. The molecule has 1 atom stereocenters. The van der Waals surface area contributed by atoms with Gasteiger partial charge in [0.2, 0.25) is 5.91 Å². The van der Waals surface area contributed by atoms with Gasteiger partial charge >= 0.3 is 0 Å². The third kappa shape index (κ3) is 4.66. The number of hydrogen-bond donors (Lipinski definition) is 1. The molecule has 0 spiro atoms. The lowest BCUT2D eigenvalue weighted by Gasteiger charge is -2.17. The smallest absolute Gasteiger partial charge is 0.220 e. The first-order chi connectivity index (χ1) is 8.34. The summed E-state index contributed by atoms with van der Waals surface area (Å²) in [5.41, 5.74) is 0. The van der Waals surface area contributed by atoms with Crippen molar-refractivity contribution in [2.45, 2.75) is 76.4 Å². The Morgan fingerprint density at radius 1 is 1.06 bits per heavy atom. The molecule has 2 rings (SSSR count). The van der Waals surface area contributed by atoms with Crippen molar-refractivity contribution in [1.82, 2.24) is 5.32 Å². The van der Waals surface area contributed by atoms with Gasteiger partial charge in [-0.05, 0) is 32.1 Å². The van der Waals surface area contributed by atoms with Gasteiger partial charge in [-0.15, -0.1) is 0 Å². The third-order valence-electron chi connectivity index (χ3n) is 3.94. The Morgan fingerprint density at radius 3 is 2.47 bits per heavy atom. The molecule has 98 valence electrons. The van der Waals surface area contributed by atoms with E-state index < -0.39 is 0 Å². The average Bonchev–Trinajstić information content (AvgIpc) is 2.72. The molecule has 3 nitrogen and oxygen atoms in total. The van der Waals surface area contributed by atoms with Gasteiger partial charge in [-0.2, -0.15) is 0 Å². The van der Waals surface area contributed by atoms with Gasteiger partial charge in [0.1, 0.15) is 0 Å². The van der Waals surface area contributed by atoms with E-state index in [0.717, 1.165) is 25.9 Å². The molecule has 1 aliphatic carbocycles. The normalized spacial score (nSPS) is 26.7. The lowest BCUT2D eigenvalue weighted by atomic mass is 10.1. The van der Waals surface area contributed by atoms with Gasteiger partial charge in [0.15, 0.2) is 0 Å². The molecule has 0 bridgehead atoms. The first-order valence-electron chi connectivity index (χ1n) is 7.25. The summed E-state index contributed by atoms with van der Waals surface area (Å²) in [4.78, 5) is 11.8. The van der Waals surface area contributed by atoms with Crippen LogP contribution in [0.3, 0.4) is 0 Å². The van der Waals surface area contributed by atoms with Crippen LogP contribution in [0, 0.1) is 0 Å². The number of nitrogens with one attached hydrogen (secondary N) is 1. The van der Waals surface area contributed by atoms with Crippen molar-refractivity contribution in [1.29, 1.82) is 0 Å². The topological polar surface area (TPSA) is 38.3 Å². The Kier molecular flexibility index (Phi) is 5.30. The zero-order valence-electron chi connectivity index (χ0n) is 10.7. The Labute approximate surface area is 104 Å². The Hall–Kier alpha value is -0.570. The van der Waals surface area contributed by atoms with Crippen LogP contribution in [0.25, 0.3) is 0 Å². The zero-order valence-corrected chi connectivity index (χ0v) is 10.7. The molecular weight excluding hydrogens is 214 g/mol. The Bertz CT molecular complexity index is 228. The van der Waals surface area contributed by atoms with Crippen molar-refractivity contribution < 1.29 is 9.53 Å². The van der Waals surface area contributed by atoms with Crippen molar-refractivity contribution in [2.75, 3.05) is 6.61 Å². The third-order valence-corrected chi connectivity index (χ3v) is 3.94. The fourth-order valence-corrected chi connectivity index (χ4v) is 2.89. The molecule has 2 aliphatic rings. The van der Waals surface area contributed by atoms with Crippen LogP contribution < -0.4 is 5.32 Å². The van der Waals surface area contributed by atoms with E-state index in [1.807, 2.05) is 0 Å². The quantitative estimate of drug-likeness (QED) is 0.766. The minimum atomic E-state index is 0.229. The van der Waals surface area contributed by atoms with Gasteiger partial charge in [-0.3, -0.25) is 4.79 Å². The summed E-state index contributed by atoms with van der Waals surface area (Å²) in [6, 6.07) is 0.439. The second-order valence-corrected chi connectivity index (χ2v) is 5.43. The highest BCUT2D eigenvalue weighted by molar-refractivity contribution is 5.76. The van der Waals surface area contributed by atoms with Gasteiger partial charge in [-0.1, -0.05) is 25.7 Å². The van der Waals surface area contributed by atoms with Crippen LogP contribution in [0.5, 0.6) is 0 Å². The number of ether oxygens (including phenoxy) is 1. The van der Waals surface area contributed by atoms with Crippen molar-refractivity contribution in [3.8, 4) is 0 Å². The van der Waals surface area contributed by atoms with Gasteiger partial charge < -0.3 is 10.1 Å². The largest absolute Gasteiger partial charge is 0.378 e. The van der Waals surface area contributed by atoms with Gasteiger partial charge in [0.25, 0.3) is 0 Å². The van der Waals surface area contributed by atoms with E-state index in [1.165, 1.54) is 38.5 Å². The molecule has 1 aliphatic heterocycles. The van der Waals surface area contributed by atoms with Crippen LogP contribution in [0.4, 0.5) is 0 Å². The molecule has 0 aromatic heterocycles. The molecule has 1 unspecified atom stereocenters. The second kappa shape index (κ2) is 7.00. The van der Waals surface area contributed by atoms with E-state index in [-0.39, 0.29) is 5.91 Å². The maximum Gasteiger partial charge on any atom is 0.220 e. The van der Waals surface area contributed by atoms with Crippen molar-refractivity contribution >= 4 is 5.91 Å². The summed E-state index contributed by atoms with van der Waals surface area (Å²) in [6.07, 6.45) is 11.7. The van der Waals surface area contributed by atoms with E-state index in [2.05, 4.69) is 5.32 Å². The van der Waals surface area contributed by atoms with E-state index in [1.54, 1.807) is 0 Å². The first-order valence-corrected chi connectivity index (χ1v) is 7.25. The van der Waals surface area contributed by atoms with Crippen LogP contribution >= 0.6 is 0 Å². The van der Waals surface area contributed by atoms with Crippen molar-refractivity contribution in [3.05, 3.63) is 0 Å². The van der Waals surface area contributed by atoms with Gasteiger partial charge in [0.05, 0.1) is 6.10 Å². The fraction of sp³-hybridized carbons (Fsp3) is 0.929. The molecule has 17 heavy (non-hydrogen) atoms. The monoisotopic (exact) mass is 239 g/mol. The summed E-state index contributed by atoms with van der Waals surface area (Å²) in [7, 11) is 0. The van der Waals surface area contributed by atoms with E-state index in [0.29, 0.717) is 18.6 Å². The SMILES string of the molecule is O=C(CCC1CCCO1)NC1CCCCCC1. The number of carbonyl (C=O) groups is 1. The molecule has 1 N–H and O–H groups in total. The average molecular weight is 239 g/mol. The van der Waals surface area contributed by atoms with Gasteiger partial charge in [0, 0.05) is 19.1 Å². The van der Waals surface area contributed by atoms with Crippen LogP contribution in [-0.2, 0) is 9.53 Å². The highest BCUT2D eigenvalue weighted by Gasteiger charge is 2.18. The van der Waals surface area contributed by atoms with E-state index in [4.69, 9.17) is 4.74 Å². The standard InChI is InChI=1S/C14H25NO2/c16-14(10-9-13-8-5-11-17-13)15-12-6-3-1-2-4-7-12/h12-13H,1-11H2,(H,15,16). The van der Waals surface area contributed by atoms with E-state index in [9.17, 15) is 4.79 Å². The highest BCUT2D eigenvalue weighted by atomic mass is 16.5. The lowest BCUT2D eigenvalue weighted by molar-refractivity contribution is -0.122. The maximum atomic E-state index is 11.8. The van der Waals surface area contributed by atoms with Crippen molar-refractivity contribution in [3.63, 3.8) is 0 Å². The molecule has 3 heteroatoms. The molecule has 1 heterocycles. The second-order valence-electron chi connectivity index (χ2n) is 5.43. The molecule has 1 amide bonds. The Balaban J connectivity index is 1.61. The van der Waals surface area contributed by atoms with Crippen LogP contribution in [0.2, 0.25) is 0 Å². The van der Waals surface area contributed by atoms with E-state index >= 15 is 0 Å². The van der Waals surface area contributed by atoms with Crippen LogP contribution in [0.15, 0.2) is 0 Å². The fourth-order valence-electron chi connectivity index (χ4n) is 2.89. The minimum Gasteiger partial charge on any atom is -0.378 e. The lowest BCUT2D eigenvalue weighted by Crippen LogP contribution is -2.34. The number of rotatable bonds is 4. The van der Waals surface area contributed by atoms with Crippen LogP contribution in [-0.4, -0.2) is 24.7 Å². The Morgan fingerprint density at radius 2 is 1.82 bits per heavy atom. The minimum absolute atomic E-state index is 0.229. The molecule has 0 radical (unpaired) electrons. The summed E-state index contributed by atoms with van der Waals surface area (Å²) < 4.78 is 5.53. The van der Waals surface area contributed by atoms with Gasteiger partial charge in [-0.25, -0.2) is 0 Å². The zero-order chi connectivity index (χ0) is 11.9. The summed E-state index contributed by atoms with van der Waals surface area (Å²) in [5, 5.41) is 3.19. The predicted molar refractivity (Wildman–Crippen MR) is 67.8 cm³/mol. The molecule has 1 saturated carbocycles. The number of hydrogen-bond acceptors (Lipinski definition) is 2. The number of carbonyl (C=O) groups excluding carboxylic acids is 1. The molecule has 0 aromatic rings. The molecular formula is C14H25NO2. The van der Waals surface area contributed by atoms with Crippen molar-refractivity contribution in [2.24, 2.45) is 0 Å². The maximum absolute atomic E-state index is 11.8. The predicted octanol–water partition coefficient (Wildman–Crippen LogP) is 2.78. The summed E-state index contributed by atoms with van der Waals surface area (Å²) >= 11 is 0.